The molecule has 0 aliphatic carbocycles. The molecule has 0 aromatic heterocycles. The predicted octanol–water partition coefficient (Wildman–Crippen LogP) is -0.355. The van der Waals surface area contributed by atoms with E-state index in [0.717, 1.165) is 0 Å². The van der Waals surface area contributed by atoms with Gasteiger partial charge in [-0.1, -0.05) is 0 Å². The van der Waals surface area contributed by atoms with E-state index in [-0.39, 0.29) is 32.1 Å². The van der Waals surface area contributed by atoms with Gasteiger partial charge in [0.15, 0.2) is 5.41 Å². The fourth-order valence-corrected chi connectivity index (χ4v) is 1.03. The molecule has 0 saturated carbocycles. The van der Waals surface area contributed by atoms with Gasteiger partial charge in [-0.25, -0.2) is 0 Å². The monoisotopic (exact) mass is 209 g/mol. The quantitative estimate of drug-likeness (QED) is 0.491. The molecular weight excluding hydrogens is 198 g/mol. The summed E-state index contributed by atoms with van der Waals surface area (Å²) in [6, 6.07) is 0. The Labute approximate surface area is 81.9 Å². The number of carboxylic acid groups (broad SMARTS) is 1. The standard InChI is InChI=1S/C7H11NO4.ClH/c1-2-12-6(11)7(5(9)10)3-8-4-7;/h8H,2-4H2,1H3,(H,9,10);1H. The number of ether oxygens (including phenoxy) is 1. The summed E-state index contributed by atoms with van der Waals surface area (Å²) < 4.78 is 4.65. The number of halogens is 1. The fourth-order valence-electron chi connectivity index (χ4n) is 1.03. The fraction of sp³-hybridized carbons (Fsp3) is 0.714. The van der Waals surface area contributed by atoms with E-state index in [9.17, 15) is 9.59 Å². The van der Waals surface area contributed by atoms with Crippen molar-refractivity contribution in [3.63, 3.8) is 0 Å². The van der Waals surface area contributed by atoms with E-state index >= 15 is 0 Å². The lowest BCUT2D eigenvalue weighted by atomic mass is 9.82. The Morgan fingerprint density at radius 2 is 2.08 bits per heavy atom. The molecule has 0 bridgehead atoms. The first-order valence-electron chi connectivity index (χ1n) is 3.75. The van der Waals surface area contributed by atoms with Crippen molar-refractivity contribution < 1.29 is 19.4 Å². The lowest BCUT2D eigenvalue weighted by molar-refractivity contribution is -0.172. The van der Waals surface area contributed by atoms with Crippen molar-refractivity contribution in [1.82, 2.24) is 5.32 Å². The van der Waals surface area contributed by atoms with Gasteiger partial charge in [0.2, 0.25) is 0 Å². The van der Waals surface area contributed by atoms with Crippen LogP contribution >= 0.6 is 12.4 Å². The maximum atomic E-state index is 11.1. The van der Waals surface area contributed by atoms with E-state index in [1.54, 1.807) is 6.92 Å². The third-order valence-electron chi connectivity index (χ3n) is 1.93. The van der Waals surface area contributed by atoms with Crippen LogP contribution in [0, 0.1) is 5.41 Å². The van der Waals surface area contributed by atoms with E-state index < -0.39 is 17.4 Å². The van der Waals surface area contributed by atoms with Gasteiger partial charge in [-0.05, 0) is 6.92 Å². The van der Waals surface area contributed by atoms with Crippen molar-refractivity contribution in [3.05, 3.63) is 0 Å². The second kappa shape index (κ2) is 4.43. The zero-order valence-electron chi connectivity index (χ0n) is 7.20. The molecule has 1 fully saturated rings. The van der Waals surface area contributed by atoms with E-state index in [2.05, 4.69) is 10.1 Å². The molecule has 0 radical (unpaired) electrons. The number of aliphatic carboxylic acids is 1. The average Bonchev–Trinajstić information content (AvgIpc) is 1.83. The van der Waals surface area contributed by atoms with Crippen LogP contribution in [0.4, 0.5) is 0 Å². The van der Waals surface area contributed by atoms with Gasteiger partial charge in [-0.3, -0.25) is 9.59 Å². The van der Waals surface area contributed by atoms with Gasteiger partial charge in [0.25, 0.3) is 0 Å². The molecule has 0 aromatic rings. The molecule has 0 amide bonds. The van der Waals surface area contributed by atoms with Gasteiger partial charge in [-0.2, -0.15) is 0 Å². The first kappa shape index (κ1) is 12.2. The Balaban J connectivity index is 0.00000144. The molecule has 0 aromatic carbocycles. The van der Waals surface area contributed by atoms with E-state index in [4.69, 9.17) is 5.11 Å². The lowest BCUT2D eigenvalue weighted by Gasteiger charge is -2.35. The van der Waals surface area contributed by atoms with Gasteiger partial charge in [0.05, 0.1) is 6.61 Å². The van der Waals surface area contributed by atoms with Crippen LogP contribution < -0.4 is 5.32 Å². The van der Waals surface area contributed by atoms with Crippen LogP contribution in [0.1, 0.15) is 6.92 Å². The number of carbonyl (C=O) groups is 2. The first-order chi connectivity index (χ1) is 5.63. The van der Waals surface area contributed by atoms with Crippen molar-refractivity contribution in [1.29, 1.82) is 0 Å². The maximum absolute atomic E-state index is 11.1. The number of rotatable bonds is 3. The average molecular weight is 210 g/mol. The summed E-state index contributed by atoms with van der Waals surface area (Å²) in [5.41, 5.74) is -1.32. The van der Waals surface area contributed by atoms with Crippen LogP contribution in [-0.2, 0) is 14.3 Å². The van der Waals surface area contributed by atoms with Crippen LogP contribution in [0.5, 0.6) is 0 Å². The SMILES string of the molecule is CCOC(=O)C1(C(=O)O)CNC1.Cl. The van der Waals surface area contributed by atoms with E-state index in [1.807, 2.05) is 0 Å². The third-order valence-corrected chi connectivity index (χ3v) is 1.93. The molecule has 13 heavy (non-hydrogen) atoms. The number of hydrogen-bond donors (Lipinski definition) is 2. The van der Waals surface area contributed by atoms with Crippen molar-refractivity contribution in [2.24, 2.45) is 5.41 Å². The number of carbonyl (C=O) groups excluding carboxylic acids is 1. The number of esters is 1. The van der Waals surface area contributed by atoms with Crippen LogP contribution in [0.15, 0.2) is 0 Å². The molecule has 76 valence electrons. The summed E-state index contributed by atoms with van der Waals surface area (Å²) in [4.78, 5) is 21.8. The van der Waals surface area contributed by atoms with Crippen molar-refractivity contribution >= 4 is 24.3 Å². The summed E-state index contributed by atoms with van der Waals surface area (Å²) in [5.74, 6) is -1.75. The Hall–Kier alpha value is -0.810. The van der Waals surface area contributed by atoms with Crippen molar-refractivity contribution in [2.45, 2.75) is 6.92 Å². The first-order valence-corrected chi connectivity index (χ1v) is 3.75. The van der Waals surface area contributed by atoms with Gasteiger partial charge >= 0.3 is 11.9 Å². The van der Waals surface area contributed by atoms with Gasteiger partial charge in [-0.15, -0.1) is 12.4 Å². The van der Waals surface area contributed by atoms with Crippen LogP contribution in [-0.4, -0.2) is 36.7 Å². The van der Waals surface area contributed by atoms with Crippen LogP contribution in [0.25, 0.3) is 0 Å². The Morgan fingerprint density at radius 1 is 1.54 bits per heavy atom. The molecule has 0 unspecified atom stereocenters. The number of carboxylic acids is 1. The Kier molecular flexibility index (Phi) is 4.16. The molecule has 1 rings (SSSR count). The Morgan fingerprint density at radius 3 is 2.31 bits per heavy atom. The van der Waals surface area contributed by atoms with Gasteiger partial charge < -0.3 is 15.2 Å². The van der Waals surface area contributed by atoms with Gasteiger partial charge in [0, 0.05) is 13.1 Å². The molecular formula is C7H12ClNO4. The predicted molar refractivity (Wildman–Crippen MR) is 46.8 cm³/mol. The zero-order valence-corrected chi connectivity index (χ0v) is 8.02. The van der Waals surface area contributed by atoms with Crippen molar-refractivity contribution in [2.75, 3.05) is 19.7 Å². The summed E-state index contributed by atoms with van der Waals surface area (Å²) in [7, 11) is 0. The molecule has 6 heteroatoms. The third kappa shape index (κ3) is 1.92. The highest BCUT2D eigenvalue weighted by molar-refractivity contribution is 6.01. The molecule has 2 N–H and O–H groups in total. The van der Waals surface area contributed by atoms with E-state index in [1.165, 1.54) is 0 Å². The number of hydrogen-bond acceptors (Lipinski definition) is 4. The zero-order chi connectivity index (χ0) is 9.19. The summed E-state index contributed by atoms with van der Waals surface area (Å²) in [6.07, 6.45) is 0. The number of nitrogens with one attached hydrogen (secondary N) is 1. The highest BCUT2D eigenvalue weighted by Crippen LogP contribution is 2.24. The normalized spacial score (nSPS) is 17.9. The minimum Gasteiger partial charge on any atom is -0.480 e. The second-order valence-corrected chi connectivity index (χ2v) is 2.71. The molecule has 0 atom stereocenters. The minimum absolute atomic E-state index is 0. The van der Waals surface area contributed by atoms with E-state index in [0.29, 0.717) is 0 Å². The molecule has 1 aliphatic rings. The highest BCUT2D eigenvalue weighted by Gasteiger charge is 2.52. The highest BCUT2D eigenvalue weighted by atomic mass is 35.5. The van der Waals surface area contributed by atoms with Crippen LogP contribution in [0.2, 0.25) is 0 Å². The molecule has 0 spiro atoms. The smallest absolute Gasteiger partial charge is 0.326 e. The molecule has 1 saturated heterocycles. The topological polar surface area (TPSA) is 75.6 Å². The van der Waals surface area contributed by atoms with Gasteiger partial charge in [0.1, 0.15) is 0 Å². The second-order valence-electron chi connectivity index (χ2n) is 2.71. The maximum Gasteiger partial charge on any atom is 0.326 e. The summed E-state index contributed by atoms with van der Waals surface area (Å²) in [6.45, 7) is 2.20. The Bertz CT molecular complexity index is 215. The lowest BCUT2D eigenvalue weighted by Crippen LogP contribution is -2.63. The largest absolute Gasteiger partial charge is 0.480 e. The van der Waals surface area contributed by atoms with Crippen molar-refractivity contribution in [3.8, 4) is 0 Å². The summed E-state index contributed by atoms with van der Waals surface area (Å²) >= 11 is 0. The van der Waals surface area contributed by atoms with Crippen LogP contribution in [0.3, 0.4) is 0 Å². The molecule has 1 heterocycles. The summed E-state index contributed by atoms with van der Waals surface area (Å²) in [5, 5.41) is 11.5. The molecule has 5 nitrogen and oxygen atoms in total. The molecule has 1 aliphatic heterocycles. The minimum atomic E-state index is -1.32.